The van der Waals surface area contributed by atoms with Gasteiger partial charge >= 0.3 is 0 Å². The fourth-order valence-electron chi connectivity index (χ4n) is 3.58. The lowest BCUT2D eigenvalue weighted by Gasteiger charge is -2.21. The molecule has 2 aliphatic rings. The number of halogens is 1. The number of rotatable bonds is 3. The highest BCUT2D eigenvalue weighted by molar-refractivity contribution is 7.91. The molecule has 1 N–H and O–H groups in total. The summed E-state index contributed by atoms with van der Waals surface area (Å²) in [6.45, 7) is 5.33. The Balaban J connectivity index is 0.00000208. The van der Waals surface area contributed by atoms with Crippen molar-refractivity contribution in [1.29, 1.82) is 0 Å². The third-order valence-electron chi connectivity index (χ3n) is 5.15. The van der Waals surface area contributed by atoms with E-state index in [4.69, 9.17) is 0 Å². The first-order chi connectivity index (χ1) is 11.0. The second-order valence-corrected chi connectivity index (χ2v) is 8.75. The zero-order chi connectivity index (χ0) is 16.4. The normalized spacial score (nSPS) is 24.0. The Bertz CT molecular complexity index is 662. The van der Waals surface area contributed by atoms with Crippen molar-refractivity contribution in [2.24, 2.45) is 11.8 Å². The minimum atomic E-state index is -3.21. The van der Waals surface area contributed by atoms with Crippen molar-refractivity contribution in [3.63, 3.8) is 0 Å². The molecule has 0 saturated carbocycles. The van der Waals surface area contributed by atoms with Crippen molar-refractivity contribution in [2.75, 3.05) is 31.9 Å². The standard InChI is InChI=1S/C17H24N2O3S.ClH/c1-2-23(21,22)16-5-3-13(4-6-16)17(20)19-9-7-14-11-18-12-15(14)8-10-19;/h3-6,14-15,18H,2,7-12H2,1H3;1H/t14-,15+;. The van der Waals surface area contributed by atoms with Crippen molar-refractivity contribution in [2.45, 2.75) is 24.7 Å². The summed E-state index contributed by atoms with van der Waals surface area (Å²) in [5.74, 6) is 1.46. The monoisotopic (exact) mass is 372 g/mol. The van der Waals surface area contributed by atoms with Gasteiger partial charge < -0.3 is 10.2 Å². The van der Waals surface area contributed by atoms with Gasteiger partial charge in [0.25, 0.3) is 5.91 Å². The Morgan fingerprint density at radius 2 is 1.67 bits per heavy atom. The molecule has 0 bridgehead atoms. The molecule has 2 heterocycles. The SMILES string of the molecule is CCS(=O)(=O)c1ccc(C(=O)N2CC[C@@H]3CNC[C@@H]3CC2)cc1.Cl. The number of sulfone groups is 1. The number of nitrogens with zero attached hydrogens (tertiary/aromatic N) is 1. The number of hydrogen-bond acceptors (Lipinski definition) is 4. The number of fused-ring (bicyclic) bond motifs is 1. The third kappa shape index (κ3) is 3.92. The van der Waals surface area contributed by atoms with Crippen LogP contribution in [-0.4, -0.2) is 51.2 Å². The van der Waals surface area contributed by atoms with Crippen LogP contribution in [0.2, 0.25) is 0 Å². The van der Waals surface area contributed by atoms with Crippen molar-refractivity contribution >= 4 is 28.2 Å². The van der Waals surface area contributed by atoms with Gasteiger partial charge in [-0.1, -0.05) is 6.92 Å². The molecule has 1 amide bonds. The zero-order valence-corrected chi connectivity index (χ0v) is 15.5. The minimum absolute atomic E-state index is 0. The first-order valence-corrected chi connectivity index (χ1v) is 9.99. The van der Waals surface area contributed by atoms with Gasteiger partial charge in [0, 0.05) is 18.7 Å². The smallest absolute Gasteiger partial charge is 0.253 e. The minimum Gasteiger partial charge on any atom is -0.339 e. The van der Waals surface area contributed by atoms with Crippen LogP contribution in [0.15, 0.2) is 29.2 Å². The van der Waals surface area contributed by atoms with Crippen LogP contribution in [0.1, 0.15) is 30.1 Å². The first kappa shape index (κ1) is 19.2. The molecule has 1 aromatic carbocycles. The van der Waals surface area contributed by atoms with Crippen LogP contribution < -0.4 is 5.32 Å². The summed E-state index contributed by atoms with van der Waals surface area (Å²) in [4.78, 5) is 14.9. The van der Waals surface area contributed by atoms with Gasteiger partial charge in [0.1, 0.15) is 0 Å². The van der Waals surface area contributed by atoms with Gasteiger partial charge in [0.2, 0.25) is 0 Å². The van der Waals surface area contributed by atoms with Gasteiger partial charge in [-0.25, -0.2) is 8.42 Å². The summed E-state index contributed by atoms with van der Waals surface area (Å²) in [5, 5.41) is 3.43. The van der Waals surface area contributed by atoms with Crippen molar-refractivity contribution in [1.82, 2.24) is 10.2 Å². The molecule has 1 aromatic rings. The van der Waals surface area contributed by atoms with Crippen LogP contribution in [0.25, 0.3) is 0 Å². The molecule has 0 unspecified atom stereocenters. The molecule has 7 heteroatoms. The summed E-state index contributed by atoms with van der Waals surface area (Å²) < 4.78 is 23.7. The number of hydrogen-bond donors (Lipinski definition) is 1. The molecule has 2 saturated heterocycles. The Kier molecular flexibility index (Phi) is 6.28. The van der Waals surface area contributed by atoms with Gasteiger partial charge in [-0.15, -0.1) is 12.4 Å². The summed E-state index contributed by atoms with van der Waals surface area (Å²) in [6, 6.07) is 6.36. The number of benzene rings is 1. The molecule has 0 aromatic heterocycles. The van der Waals surface area contributed by atoms with Crippen LogP contribution in [0.3, 0.4) is 0 Å². The summed E-state index contributed by atoms with van der Waals surface area (Å²) in [5.41, 5.74) is 0.574. The largest absolute Gasteiger partial charge is 0.339 e. The fraction of sp³-hybridized carbons (Fsp3) is 0.588. The van der Waals surface area contributed by atoms with Crippen molar-refractivity contribution in [3.8, 4) is 0 Å². The number of nitrogens with one attached hydrogen (secondary N) is 1. The third-order valence-corrected chi connectivity index (χ3v) is 6.90. The Morgan fingerprint density at radius 1 is 1.12 bits per heavy atom. The molecule has 5 nitrogen and oxygen atoms in total. The van der Waals surface area contributed by atoms with Crippen LogP contribution in [0.5, 0.6) is 0 Å². The number of carbonyl (C=O) groups excluding carboxylic acids is 1. The molecule has 2 atom stereocenters. The van der Waals surface area contributed by atoms with Crippen molar-refractivity contribution in [3.05, 3.63) is 29.8 Å². The number of carbonyl (C=O) groups is 1. The predicted octanol–water partition coefficient (Wildman–Crippen LogP) is 1.97. The van der Waals surface area contributed by atoms with Gasteiger partial charge in [-0.2, -0.15) is 0 Å². The predicted molar refractivity (Wildman–Crippen MR) is 96.4 cm³/mol. The highest BCUT2D eigenvalue weighted by Gasteiger charge is 2.31. The second-order valence-electron chi connectivity index (χ2n) is 6.48. The van der Waals surface area contributed by atoms with E-state index in [1.165, 1.54) is 0 Å². The van der Waals surface area contributed by atoms with E-state index in [0.29, 0.717) is 17.4 Å². The highest BCUT2D eigenvalue weighted by atomic mass is 35.5. The molecule has 0 aliphatic carbocycles. The molecule has 134 valence electrons. The van der Waals surface area contributed by atoms with E-state index in [-0.39, 0.29) is 29.0 Å². The maximum Gasteiger partial charge on any atom is 0.253 e. The average Bonchev–Trinajstić information content (AvgIpc) is 2.93. The summed E-state index contributed by atoms with van der Waals surface area (Å²) in [6.07, 6.45) is 2.09. The van der Waals surface area contributed by atoms with E-state index in [9.17, 15) is 13.2 Å². The lowest BCUT2D eigenvalue weighted by Crippen LogP contribution is -2.32. The fourth-order valence-corrected chi connectivity index (χ4v) is 4.46. The number of amides is 1. The molecule has 0 spiro atoms. The molecule has 0 radical (unpaired) electrons. The van der Waals surface area contributed by atoms with Crippen LogP contribution in [0.4, 0.5) is 0 Å². The molecule has 24 heavy (non-hydrogen) atoms. The summed E-state index contributed by atoms with van der Waals surface area (Å²) >= 11 is 0. The molecule has 2 aliphatic heterocycles. The van der Waals surface area contributed by atoms with Gasteiger partial charge in [0.15, 0.2) is 9.84 Å². The Hall–Kier alpha value is -1.11. The Morgan fingerprint density at radius 3 is 2.17 bits per heavy atom. The van der Waals surface area contributed by atoms with Gasteiger partial charge in [-0.3, -0.25) is 4.79 Å². The molecular weight excluding hydrogens is 348 g/mol. The maximum absolute atomic E-state index is 12.7. The lowest BCUT2D eigenvalue weighted by molar-refractivity contribution is 0.0758. The highest BCUT2D eigenvalue weighted by Crippen LogP contribution is 2.27. The quantitative estimate of drug-likeness (QED) is 0.880. The maximum atomic E-state index is 12.7. The van der Waals surface area contributed by atoms with Gasteiger partial charge in [-0.05, 0) is 62.0 Å². The molecular formula is C17H25ClN2O3S. The van der Waals surface area contributed by atoms with E-state index in [1.807, 2.05) is 4.90 Å². The van der Waals surface area contributed by atoms with E-state index in [1.54, 1.807) is 31.2 Å². The van der Waals surface area contributed by atoms with Crippen LogP contribution in [0, 0.1) is 11.8 Å². The lowest BCUT2D eigenvalue weighted by atomic mass is 9.92. The Labute approximate surface area is 150 Å². The van der Waals surface area contributed by atoms with Crippen LogP contribution >= 0.6 is 12.4 Å². The average molecular weight is 373 g/mol. The van der Waals surface area contributed by atoms with Crippen molar-refractivity contribution < 1.29 is 13.2 Å². The van der Waals surface area contributed by atoms with E-state index < -0.39 is 9.84 Å². The topological polar surface area (TPSA) is 66.5 Å². The van der Waals surface area contributed by atoms with E-state index >= 15 is 0 Å². The number of likely N-dealkylation sites (tertiary alicyclic amines) is 1. The molecule has 3 rings (SSSR count). The second kappa shape index (κ2) is 7.85. The molecule has 2 fully saturated rings. The zero-order valence-electron chi connectivity index (χ0n) is 13.9. The van der Waals surface area contributed by atoms with E-state index in [0.717, 1.165) is 39.0 Å². The summed E-state index contributed by atoms with van der Waals surface area (Å²) in [7, 11) is -3.21. The van der Waals surface area contributed by atoms with Gasteiger partial charge in [0.05, 0.1) is 10.6 Å². The van der Waals surface area contributed by atoms with E-state index in [2.05, 4.69) is 5.32 Å². The van der Waals surface area contributed by atoms with Crippen LogP contribution in [-0.2, 0) is 9.84 Å². The first-order valence-electron chi connectivity index (χ1n) is 8.34.